The van der Waals surface area contributed by atoms with Gasteiger partial charge in [-0.05, 0) is 32.4 Å². The first-order chi connectivity index (χ1) is 13.9. The normalized spacial score (nSPS) is 11.6. The third-order valence-corrected chi connectivity index (χ3v) is 6.12. The van der Waals surface area contributed by atoms with Crippen LogP contribution in [0.1, 0.15) is 31.9 Å². The highest BCUT2D eigenvalue weighted by molar-refractivity contribution is 7.22. The molecule has 0 radical (unpaired) electrons. The van der Waals surface area contributed by atoms with Crippen molar-refractivity contribution in [3.05, 3.63) is 40.6 Å². The summed E-state index contributed by atoms with van der Waals surface area (Å²) in [6.45, 7) is 6.33. The zero-order valence-corrected chi connectivity index (χ0v) is 17.6. The van der Waals surface area contributed by atoms with Gasteiger partial charge in [-0.25, -0.2) is 9.97 Å². The van der Waals surface area contributed by atoms with E-state index in [4.69, 9.17) is 4.98 Å². The van der Waals surface area contributed by atoms with E-state index in [2.05, 4.69) is 23.9 Å². The van der Waals surface area contributed by atoms with E-state index in [1.54, 1.807) is 17.0 Å². The number of imidazole rings is 1. The molecule has 8 nitrogen and oxygen atoms in total. The Morgan fingerprint density at radius 1 is 1.24 bits per heavy atom. The van der Waals surface area contributed by atoms with Crippen molar-refractivity contribution in [2.75, 3.05) is 0 Å². The van der Waals surface area contributed by atoms with Crippen molar-refractivity contribution >= 4 is 27.8 Å². The molecule has 0 aliphatic carbocycles. The maximum absolute atomic E-state index is 13.4. The van der Waals surface area contributed by atoms with Crippen LogP contribution in [-0.2, 0) is 18.4 Å². The molecule has 0 fully saturated rings. The van der Waals surface area contributed by atoms with Crippen molar-refractivity contribution in [2.45, 2.75) is 39.8 Å². The molecule has 29 heavy (non-hydrogen) atoms. The fourth-order valence-electron chi connectivity index (χ4n) is 3.35. The Kier molecular flexibility index (Phi) is 4.91. The number of aryl methyl sites for hydroxylation is 2. The predicted molar refractivity (Wildman–Crippen MR) is 113 cm³/mol. The van der Waals surface area contributed by atoms with E-state index in [0.29, 0.717) is 21.9 Å². The average molecular weight is 411 g/mol. The SMILES string of the molecule is Cc1c(-c2ccn(C(C)C)n2)sc2nc(-c3nccn3C)n(CCC=O)c(=O)c12. The maximum Gasteiger partial charge on any atom is 0.262 e. The summed E-state index contributed by atoms with van der Waals surface area (Å²) in [4.78, 5) is 35.1. The lowest BCUT2D eigenvalue weighted by molar-refractivity contribution is -0.108. The Balaban J connectivity index is 1.97. The molecule has 0 aliphatic rings. The quantitative estimate of drug-likeness (QED) is 0.456. The molecule has 4 rings (SSSR count). The van der Waals surface area contributed by atoms with Crippen LogP contribution < -0.4 is 5.56 Å². The van der Waals surface area contributed by atoms with Gasteiger partial charge in [-0.2, -0.15) is 5.10 Å². The van der Waals surface area contributed by atoms with Gasteiger partial charge in [0.05, 0.1) is 10.3 Å². The Morgan fingerprint density at radius 2 is 2.03 bits per heavy atom. The summed E-state index contributed by atoms with van der Waals surface area (Å²) < 4.78 is 5.26. The number of hydrogen-bond donors (Lipinski definition) is 0. The lowest BCUT2D eigenvalue weighted by Gasteiger charge is -2.11. The number of fused-ring (bicyclic) bond motifs is 1. The Labute approximate surface area is 171 Å². The van der Waals surface area contributed by atoms with E-state index in [-0.39, 0.29) is 24.6 Å². The summed E-state index contributed by atoms with van der Waals surface area (Å²) >= 11 is 1.46. The number of aldehydes is 1. The first-order valence-electron chi connectivity index (χ1n) is 9.43. The minimum atomic E-state index is -0.154. The van der Waals surface area contributed by atoms with Gasteiger partial charge in [-0.1, -0.05) is 0 Å². The summed E-state index contributed by atoms with van der Waals surface area (Å²) in [5, 5.41) is 5.23. The molecule has 9 heteroatoms. The highest BCUT2D eigenvalue weighted by Gasteiger charge is 2.22. The zero-order chi connectivity index (χ0) is 20.7. The van der Waals surface area contributed by atoms with Gasteiger partial charge in [-0.3, -0.25) is 14.0 Å². The molecule has 4 aromatic heterocycles. The lowest BCUT2D eigenvalue weighted by atomic mass is 10.2. The van der Waals surface area contributed by atoms with Crippen LogP contribution in [0.3, 0.4) is 0 Å². The van der Waals surface area contributed by atoms with Gasteiger partial charge in [0.1, 0.15) is 16.8 Å². The third-order valence-electron chi connectivity index (χ3n) is 4.91. The van der Waals surface area contributed by atoms with Crippen molar-refractivity contribution in [1.29, 1.82) is 0 Å². The molecule has 0 unspecified atom stereocenters. The van der Waals surface area contributed by atoms with Gasteiger partial charge in [0, 0.05) is 44.6 Å². The molecule has 0 bridgehead atoms. The molecule has 0 aromatic carbocycles. The number of aromatic nitrogens is 6. The number of rotatable bonds is 6. The highest BCUT2D eigenvalue weighted by Crippen LogP contribution is 2.36. The molecular weight excluding hydrogens is 388 g/mol. The van der Waals surface area contributed by atoms with Crippen molar-refractivity contribution < 1.29 is 4.79 Å². The molecule has 4 heterocycles. The smallest absolute Gasteiger partial charge is 0.262 e. The van der Waals surface area contributed by atoms with Crippen molar-refractivity contribution in [1.82, 2.24) is 28.9 Å². The molecule has 0 saturated heterocycles. The number of carbonyl (C=O) groups is 1. The van der Waals surface area contributed by atoms with Crippen LogP contribution >= 0.6 is 11.3 Å². The van der Waals surface area contributed by atoms with Gasteiger partial charge >= 0.3 is 0 Å². The van der Waals surface area contributed by atoms with Gasteiger partial charge < -0.3 is 9.36 Å². The first kappa shape index (κ1) is 19.3. The zero-order valence-electron chi connectivity index (χ0n) is 16.8. The van der Waals surface area contributed by atoms with E-state index in [0.717, 1.165) is 22.4 Å². The van der Waals surface area contributed by atoms with Crippen LogP contribution in [0.4, 0.5) is 0 Å². The molecule has 4 aromatic rings. The Bertz CT molecular complexity index is 1260. The molecular formula is C20H22N6O2S. The second kappa shape index (κ2) is 7.40. The number of hydrogen-bond acceptors (Lipinski definition) is 6. The third kappa shape index (κ3) is 3.21. The number of nitrogens with zero attached hydrogens (tertiary/aromatic N) is 6. The van der Waals surface area contributed by atoms with Gasteiger partial charge in [0.2, 0.25) is 0 Å². The Hall–Kier alpha value is -3.07. The number of carbonyl (C=O) groups excluding carboxylic acids is 1. The molecule has 0 spiro atoms. The van der Waals surface area contributed by atoms with Crippen molar-refractivity contribution in [3.63, 3.8) is 0 Å². The van der Waals surface area contributed by atoms with E-state index >= 15 is 0 Å². The van der Waals surface area contributed by atoms with E-state index in [1.165, 1.54) is 11.3 Å². The molecule has 150 valence electrons. The van der Waals surface area contributed by atoms with Crippen molar-refractivity contribution in [3.8, 4) is 22.2 Å². The van der Waals surface area contributed by atoms with Crippen LogP contribution in [0.15, 0.2) is 29.5 Å². The van der Waals surface area contributed by atoms with Gasteiger partial charge in [0.15, 0.2) is 11.6 Å². The standard InChI is InChI=1S/C20H22N6O2S/c1-12(2)26-9-6-14(23-26)16-13(3)15-19(29-16)22-18(17-21-7-10-24(17)4)25(20(15)28)8-5-11-27/h6-7,9-12H,5,8H2,1-4H3. The number of thiophene rings is 1. The maximum atomic E-state index is 13.4. The minimum absolute atomic E-state index is 0.154. The molecule has 0 amide bonds. The fraction of sp³-hybridized carbons (Fsp3) is 0.350. The second-order valence-electron chi connectivity index (χ2n) is 7.22. The van der Waals surface area contributed by atoms with Crippen LogP contribution in [-0.4, -0.2) is 35.2 Å². The topological polar surface area (TPSA) is 87.6 Å². The molecule has 0 atom stereocenters. The molecule has 0 N–H and O–H groups in total. The van der Waals surface area contributed by atoms with E-state index < -0.39 is 0 Å². The monoisotopic (exact) mass is 410 g/mol. The summed E-state index contributed by atoms with van der Waals surface area (Å²) in [6.07, 6.45) is 6.46. The van der Waals surface area contributed by atoms with Crippen LogP contribution in [0.5, 0.6) is 0 Å². The average Bonchev–Trinajstić information content (AvgIpc) is 3.39. The summed E-state index contributed by atoms with van der Waals surface area (Å²) in [7, 11) is 1.85. The summed E-state index contributed by atoms with van der Waals surface area (Å²) in [6, 6.07) is 2.22. The molecule has 0 aliphatic heterocycles. The van der Waals surface area contributed by atoms with Crippen LogP contribution in [0, 0.1) is 6.92 Å². The lowest BCUT2D eigenvalue weighted by Crippen LogP contribution is -2.24. The van der Waals surface area contributed by atoms with E-state index in [9.17, 15) is 9.59 Å². The highest BCUT2D eigenvalue weighted by atomic mass is 32.1. The predicted octanol–water partition coefficient (Wildman–Crippen LogP) is 3.20. The summed E-state index contributed by atoms with van der Waals surface area (Å²) in [5.74, 6) is 1.06. The van der Waals surface area contributed by atoms with Gasteiger partial charge in [-0.15, -0.1) is 11.3 Å². The summed E-state index contributed by atoms with van der Waals surface area (Å²) in [5.41, 5.74) is 1.54. The van der Waals surface area contributed by atoms with Crippen LogP contribution in [0.25, 0.3) is 32.4 Å². The first-order valence-corrected chi connectivity index (χ1v) is 10.2. The van der Waals surface area contributed by atoms with Crippen LogP contribution in [0.2, 0.25) is 0 Å². The minimum Gasteiger partial charge on any atom is -0.331 e. The van der Waals surface area contributed by atoms with Gasteiger partial charge in [0.25, 0.3) is 5.56 Å². The fourth-order valence-corrected chi connectivity index (χ4v) is 4.49. The Morgan fingerprint density at radius 3 is 2.66 bits per heavy atom. The molecule has 0 saturated carbocycles. The largest absolute Gasteiger partial charge is 0.331 e. The van der Waals surface area contributed by atoms with E-state index in [1.807, 2.05) is 35.5 Å². The van der Waals surface area contributed by atoms with Crippen molar-refractivity contribution in [2.24, 2.45) is 7.05 Å². The second-order valence-corrected chi connectivity index (χ2v) is 8.22.